The van der Waals surface area contributed by atoms with Crippen LogP contribution < -0.4 is 21.9 Å². The van der Waals surface area contributed by atoms with Gasteiger partial charge in [0.25, 0.3) is 5.56 Å². The molecule has 0 radical (unpaired) electrons. The van der Waals surface area contributed by atoms with Gasteiger partial charge in [0.15, 0.2) is 0 Å². The van der Waals surface area contributed by atoms with Gasteiger partial charge >= 0.3 is 5.69 Å². The Labute approximate surface area is 202 Å². The van der Waals surface area contributed by atoms with Crippen LogP contribution in [0.1, 0.15) is 35.6 Å². The van der Waals surface area contributed by atoms with Crippen LogP contribution in [0.25, 0.3) is 10.9 Å². The number of halogens is 1. The SMILES string of the molecule is CC(c1ccccc1)C1CNC[C@H](c2cc(Cl)cc3c2c(=O)[nH]c(=O)n3Cc2ccccc2)N1. The van der Waals surface area contributed by atoms with Crippen LogP contribution in [0.2, 0.25) is 5.02 Å². The quantitative estimate of drug-likeness (QED) is 0.411. The van der Waals surface area contributed by atoms with Gasteiger partial charge in [-0.05, 0) is 34.7 Å². The van der Waals surface area contributed by atoms with Crippen LogP contribution in [-0.4, -0.2) is 28.7 Å². The molecule has 3 atom stereocenters. The van der Waals surface area contributed by atoms with Gasteiger partial charge in [-0.15, -0.1) is 0 Å². The minimum Gasteiger partial charge on any atom is -0.313 e. The number of aromatic amines is 1. The third kappa shape index (κ3) is 4.44. The molecule has 1 fully saturated rings. The molecule has 6 nitrogen and oxygen atoms in total. The summed E-state index contributed by atoms with van der Waals surface area (Å²) >= 11 is 6.54. The minimum absolute atomic E-state index is 0.130. The molecule has 0 bridgehead atoms. The predicted molar refractivity (Wildman–Crippen MR) is 137 cm³/mol. The molecule has 1 aliphatic heterocycles. The molecule has 174 valence electrons. The molecule has 0 amide bonds. The molecule has 0 saturated carbocycles. The summed E-state index contributed by atoms with van der Waals surface area (Å²) in [7, 11) is 0. The highest BCUT2D eigenvalue weighted by molar-refractivity contribution is 6.31. The van der Waals surface area contributed by atoms with Crippen LogP contribution in [0.3, 0.4) is 0 Å². The van der Waals surface area contributed by atoms with E-state index in [-0.39, 0.29) is 18.0 Å². The van der Waals surface area contributed by atoms with E-state index in [9.17, 15) is 9.59 Å². The van der Waals surface area contributed by atoms with E-state index in [2.05, 4.69) is 46.8 Å². The monoisotopic (exact) mass is 474 g/mol. The molecule has 1 saturated heterocycles. The lowest BCUT2D eigenvalue weighted by molar-refractivity contribution is 0.315. The van der Waals surface area contributed by atoms with Crippen molar-refractivity contribution in [3.63, 3.8) is 0 Å². The third-order valence-corrected chi connectivity index (χ3v) is 6.93. The molecule has 7 heteroatoms. The fourth-order valence-electron chi connectivity index (χ4n) is 4.88. The average molecular weight is 475 g/mol. The molecule has 34 heavy (non-hydrogen) atoms. The molecule has 4 aromatic rings. The van der Waals surface area contributed by atoms with Crippen molar-refractivity contribution in [2.24, 2.45) is 0 Å². The minimum atomic E-state index is -0.445. The van der Waals surface area contributed by atoms with E-state index in [1.807, 2.05) is 42.5 Å². The molecule has 2 unspecified atom stereocenters. The maximum Gasteiger partial charge on any atom is 0.329 e. The fraction of sp³-hybridized carbons (Fsp3) is 0.259. The van der Waals surface area contributed by atoms with Crippen molar-refractivity contribution >= 4 is 22.5 Å². The molecule has 0 spiro atoms. The van der Waals surface area contributed by atoms with Crippen LogP contribution in [-0.2, 0) is 6.54 Å². The first-order valence-corrected chi connectivity index (χ1v) is 11.9. The van der Waals surface area contributed by atoms with E-state index >= 15 is 0 Å². The van der Waals surface area contributed by atoms with E-state index < -0.39 is 11.2 Å². The summed E-state index contributed by atoms with van der Waals surface area (Å²) in [6, 6.07) is 23.7. The smallest absolute Gasteiger partial charge is 0.313 e. The molecule has 1 aliphatic rings. The number of rotatable bonds is 5. The summed E-state index contributed by atoms with van der Waals surface area (Å²) in [6.07, 6.45) is 0. The average Bonchev–Trinajstić information content (AvgIpc) is 2.86. The van der Waals surface area contributed by atoms with Gasteiger partial charge < -0.3 is 10.6 Å². The Morgan fingerprint density at radius 2 is 1.71 bits per heavy atom. The van der Waals surface area contributed by atoms with Crippen LogP contribution >= 0.6 is 11.6 Å². The first-order valence-electron chi connectivity index (χ1n) is 11.5. The van der Waals surface area contributed by atoms with Gasteiger partial charge in [0, 0.05) is 30.2 Å². The summed E-state index contributed by atoms with van der Waals surface area (Å²) in [5.41, 5.74) is 2.72. The zero-order chi connectivity index (χ0) is 23.7. The second kappa shape index (κ2) is 9.58. The Hall–Kier alpha value is -3.19. The van der Waals surface area contributed by atoms with Gasteiger partial charge in [0.2, 0.25) is 0 Å². The lowest BCUT2D eigenvalue weighted by Crippen LogP contribution is -2.52. The molecular weight excluding hydrogens is 448 g/mol. The van der Waals surface area contributed by atoms with Crippen LogP contribution in [0.4, 0.5) is 0 Å². The first kappa shape index (κ1) is 22.6. The lowest BCUT2D eigenvalue weighted by atomic mass is 9.89. The van der Waals surface area contributed by atoms with Crippen molar-refractivity contribution in [1.29, 1.82) is 0 Å². The number of benzene rings is 3. The Morgan fingerprint density at radius 1 is 1.00 bits per heavy atom. The predicted octanol–water partition coefficient (Wildman–Crippen LogP) is 3.80. The Kier molecular flexibility index (Phi) is 6.37. The van der Waals surface area contributed by atoms with Crippen LogP contribution in [0.15, 0.2) is 82.4 Å². The van der Waals surface area contributed by atoms with Crippen LogP contribution in [0, 0.1) is 0 Å². The fourth-order valence-corrected chi connectivity index (χ4v) is 5.10. The van der Waals surface area contributed by atoms with E-state index in [4.69, 9.17) is 11.6 Å². The number of H-pyrrole nitrogens is 1. The van der Waals surface area contributed by atoms with E-state index in [1.54, 1.807) is 10.6 Å². The van der Waals surface area contributed by atoms with Crippen molar-refractivity contribution in [2.45, 2.75) is 31.5 Å². The summed E-state index contributed by atoms with van der Waals surface area (Å²) < 4.78 is 1.59. The van der Waals surface area contributed by atoms with Crippen molar-refractivity contribution in [3.05, 3.63) is 115 Å². The molecule has 2 heterocycles. The highest BCUT2D eigenvalue weighted by atomic mass is 35.5. The number of nitrogens with zero attached hydrogens (tertiary/aromatic N) is 1. The van der Waals surface area contributed by atoms with E-state index in [0.717, 1.165) is 17.7 Å². The molecule has 3 N–H and O–H groups in total. The number of piperazine rings is 1. The molecule has 3 aromatic carbocycles. The van der Waals surface area contributed by atoms with Gasteiger partial charge in [-0.25, -0.2) is 4.79 Å². The molecule has 0 aliphatic carbocycles. The first-order chi connectivity index (χ1) is 16.5. The highest BCUT2D eigenvalue weighted by Gasteiger charge is 2.29. The second-order valence-electron chi connectivity index (χ2n) is 8.90. The topological polar surface area (TPSA) is 78.9 Å². The van der Waals surface area contributed by atoms with Gasteiger partial charge in [-0.1, -0.05) is 79.2 Å². The number of hydrogen-bond donors (Lipinski definition) is 3. The lowest BCUT2D eigenvalue weighted by Gasteiger charge is -2.36. The maximum absolute atomic E-state index is 13.1. The summed E-state index contributed by atoms with van der Waals surface area (Å²) in [5.74, 6) is 0.275. The van der Waals surface area contributed by atoms with Crippen LogP contribution in [0.5, 0.6) is 0 Å². The molecular formula is C27H27ClN4O2. The van der Waals surface area contributed by atoms with Crippen molar-refractivity contribution in [2.75, 3.05) is 13.1 Å². The third-order valence-electron chi connectivity index (χ3n) is 6.71. The Morgan fingerprint density at radius 3 is 2.44 bits per heavy atom. The Bertz CT molecular complexity index is 1420. The zero-order valence-corrected chi connectivity index (χ0v) is 19.7. The standard InChI is InChI=1S/C27H27ClN4O2/c1-17(19-10-6-3-7-11-19)22-14-29-15-23(30-22)21-12-20(28)13-24-25(21)26(33)31-27(34)32(24)16-18-8-4-2-5-9-18/h2-13,17,22-23,29-30H,14-16H2,1H3,(H,31,33,34)/t17?,22?,23-/m1/s1. The van der Waals surface area contributed by atoms with Gasteiger partial charge in [-0.3, -0.25) is 14.3 Å². The molecule has 5 rings (SSSR count). The van der Waals surface area contributed by atoms with Gasteiger partial charge in [0.05, 0.1) is 17.4 Å². The number of hydrogen-bond acceptors (Lipinski definition) is 4. The largest absolute Gasteiger partial charge is 0.329 e. The van der Waals surface area contributed by atoms with Crippen molar-refractivity contribution < 1.29 is 0 Å². The Balaban J connectivity index is 1.56. The maximum atomic E-state index is 13.1. The van der Waals surface area contributed by atoms with Gasteiger partial charge in [-0.2, -0.15) is 0 Å². The highest BCUT2D eigenvalue weighted by Crippen LogP contribution is 2.29. The van der Waals surface area contributed by atoms with Crippen molar-refractivity contribution in [3.8, 4) is 0 Å². The van der Waals surface area contributed by atoms with E-state index in [1.165, 1.54) is 5.56 Å². The summed E-state index contributed by atoms with van der Waals surface area (Å²) in [5, 5.41) is 8.24. The van der Waals surface area contributed by atoms with E-state index in [0.29, 0.717) is 29.0 Å². The number of fused-ring (bicyclic) bond motifs is 1. The van der Waals surface area contributed by atoms with Crippen molar-refractivity contribution in [1.82, 2.24) is 20.2 Å². The number of aromatic nitrogens is 2. The number of nitrogens with one attached hydrogen (secondary N) is 3. The zero-order valence-electron chi connectivity index (χ0n) is 18.9. The van der Waals surface area contributed by atoms with Gasteiger partial charge in [0.1, 0.15) is 0 Å². The summed E-state index contributed by atoms with van der Waals surface area (Å²) in [6.45, 7) is 4.03. The normalized spacial score (nSPS) is 19.2. The molecule has 1 aromatic heterocycles. The summed E-state index contributed by atoms with van der Waals surface area (Å²) in [4.78, 5) is 28.4. The second-order valence-corrected chi connectivity index (χ2v) is 9.34.